The zero-order valence-corrected chi connectivity index (χ0v) is 25.9. The second-order valence-electron chi connectivity index (χ2n) is 13.0. The molecule has 0 amide bonds. The van der Waals surface area contributed by atoms with E-state index in [-0.39, 0.29) is 23.9 Å². The van der Waals surface area contributed by atoms with Crippen LogP contribution in [0, 0.1) is 0 Å². The summed E-state index contributed by atoms with van der Waals surface area (Å²) in [5.74, 6) is 0.884. The maximum absolute atomic E-state index is 5.14. The van der Waals surface area contributed by atoms with Crippen LogP contribution in [0.2, 0.25) is 0 Å². The summed E-state index contributed by atoms with van der Waals surface area (Å²) in [4.78, 5) is 5.14. The lowest BCUT2D eigenvalue weighted by Crippen LogP contribution is -2.49. The molecule has 0 saturated carbocycles. The molecule has 6 aromatic rings. The first-order valence-corrected chi connectivity index (χ1v) is 16.1. The second-order valence-corrected chi connectivity index (χ2v) is 13.0. The van der Waals surface area contributed by atoms with Crippen molar-refractivity contribution in [1.82, 2.24) is 20.5 Å². The lowest BCUT2D eigenvalue weighted by atomic mass is 9.82. The van der Waals surface area contributed by atoms with Gasteiger partial charge in [0.1, 0.15) is 24.3 Å². The third kappa shape index (κ3) is 4.16. The van der Waals surface area contributed by atoms with E-state index >= 15 is 0 Å². The summed E-state index contributed by atoms with van der Waals surface area (Å²) in [5, 5.41) is 13.7. The monoisotopic (exact) mass is 597 g/mol. The Bertz CT molecular complexity index is 2220. The molecule has 3 heterocycles. The number of aromatic nitrogens is 1. The van der Waals surface area contributed by atoms with Crippen LogP contribution in [0.3, 0.4) is 0 Å². The zero-order valence-electron chi connectivity index (χ0n) is 25.9. The van der Waals surface area contributed by atoms with Gasteiger partial charge in [0.05, 0.1) is 11.0 Å². The number of amidine groups is 1. The first kappa shape index (κ1) is 27.0. The Labute approximate surface area is 269 Å². The molecule has 0 saturated heterocycles. The quantitative estimate of drug-likeness (QED) is 0.192. The highest BCUT2D eigenvalue weighted by molar-refractivity contribution is 6.10. The van der Waals surface area contributed by atoms with E-state index in [2.05, 4.69) is 168 Å². The Kier molecular flexibility index (Phi) is 6.05. The standard InChI is InChI=1S/C41H35N5/c1-41(2)33-19-11-9-17-29(33)31-23-32-30-18-10-12-20-35(30)46(36(32)24-34(31)41)37-22-21-28(25-42-37)40-44-38(26-13-5-3-6-14-26)43-39(45-40)27-15-7-4-8-16-27/h3-25,37-38,40,42,44H,1-2H3,(H,43,45). The van der Waals surface area contributed by atoms with Gasteiger partial charge in [0.2, 0.25) is 0 Å². The smallest absolute Gasteiger partial charge is 0.131 e. The molecule has 0 radical (unpaired) electrons. The number of hydrogen-bond donors (Lipinski definition) is 3. The van der Waals surface area contributed by atoms with Gasteiger partial charge in [-0.3, -0.25) is 5.32 Å². The summed E-state index contributed by atoms with van der Waals surface area (Å²) in [6.45, 7) is 4.70. The number of aliphatic imine (C=N–C) groups is 1. The summed E-state index contributed by atoms with van der Waals surface area (Å²) >= 11 is 0. The second kappa shape index (κ2) is 10.3. The molecule has 3 N–H and O–H groups in total. The molecule has 0 fully saturated rings. The molecule has 3 atom stereocenters. The molecule has 1 aromatic heterocycles. The molecule has 5 aromatic carbocycles. The number of dihydropyridines is 1. The molecule has 224 valence electrons. The van der Waals surface area contributed by atoms with Crippen LogP contribution in [0.1, 0.15) is 48.4 Å². The van der Waals surface area contributed by atoms with Gasteiger partial charge in [-0.05, 0) is 52.1 Å². The van der Waals surface area contributed by atoms with E-state index in [0.29, 0.717) is 0 Å². The summed E-state index contributed by atoms with van der Waals surface area (Å²) in [7, 11) is 0. The Hall–Kier alpha value is -5.39. The first-order chi connectivity index (χ1) is 22.6. The van der Waals surface area contributed by atoms with Crippen molar-refractivity contribution in [2.75, 3.05) is 0 Å². The molecule has 46 heavy (non-hydrogen) atoms. The van der Waals surface area contributed by atoms with Crippen molar-refractivity contribution in [3.05, 3.63) is 168 Å². The number of nitrogens with zero attached hydrogens (tertiary/aromatic N) is 2. The molecule has 3 aliphatic rings. The largest absolute Gasteiger partial charge is 0.367 e. The lowest BCUT2D eigenvalue weighted by molar-refractivity contribution is 0.431. The highest BCUT2D eigenvalue weighted by Crippen LogP contribution is 2.51. The van der Waals surface area contributed by atoms with Gasteiger partial charge in [-0.15, -0.1) is 0 Å². The van der Waals surface area contributed by atoms with Crippen LogP contribution >= 0.6 is 0 Å². The van der Waals surface area contributed by atoms with E-state index < -0.39 is 0 Å². The fraction of sp³-hybridized carbons (Fsp3) is 0.146. The number of rotatable bonds is 4. The van der Waals surface area contributed by atoms with Gasteiger partial charge in [0.15, 0.2) is 0 Å². The van der Waals surface area contributed by atoms with Crippen molar-refractivity contribution in [2.24, 2.45) is 4.99 Å². The van der Waals surface area contributed by atoms with Crippen molar-refractivity contribution >= 4 is 27.6 Å². The molecule has 5 heteroatoms. The molecular weight excluding hydrogens is 562 g/mol. The van der Waals surface area contributed by atoms with Crippen molar-refractivity contribution in [2.45, 2.75) is 37.8 Å². The summed E-state index contributed by atoms with van der Waals surface area (Å²) in [6, 6.07) is 43.4. The molecule has 5 nitrogen and oxygen atoms in total. The van der Waals surface area contributed by atoms with E-state index in [9.17, 15) is 0 Å². The SMILES string of the molecule is CC1(C)c2ccccc2-c2cc3c4ccccc4n(C4C=CC(C5N=C(c6ccccc6)NC(c6ccccc6)N5)=CN4)c3cc21. The van der Waals surface area contributed by atoms with Crippen LogP contribution in [0.15, 0.2) is 150 Å². The normalized spacial score (nSPS) is 21.2. The fourth-order valence-electron chi connectivity index (χ4n) is 7.60. The van der Waals surface area contributed by atoms with Crippen molar-refractivity contribution in [3.63, 3.8) is 0 Å². The van der Waals surface area contributed by atoms with Crippen molar-refractivity contribution in [1.29, 1.82) is 0 Å². The van der Waals surface area contributed by atoms with Crippen LogP contribution in [0.4, 0.5) is 0 Å². The number of hydrogen-bond acceptors (Lipinski definition) is 4. The minimum atomic E-state index is -0.216. The van der Waals surface area contributed by atoms with Gasteiger partial charge >= 0.3 is 0 Å². The zero-order chi connectivity index (χ0) is 30.8. The van der Waals surface area contributed by atoms with Crippen LogP contribution in [-0.4, -0.2) is 16.6 Å². The first-order valence-electron chi connectivity index (χ1n) is 16.1. The minimum absolute atomic E-state index is 0.0414. The number of fused-ring (bicyclic) bond motifs is 6. The molecule has 2 aliphatic heterocycles. The average molecular weight is 598 g/mol. The van der Waals surface area contributed by atoms with Crippen LogP contribution in [0.5, 0.6) is 0 Å². The van der Waals surface area contributed by atoms with E-state index in [0.717, 1.165) is 17.0 Å². The van der Waals surface area contributed by atoms with Gasteiger partial charge in [0.25, 0.3) is 0 Å². The van der Waals surface area contributed by atoms with Crippen LogP contribution < -0.4 is 16.0 Å². The highest BCUT2D eigenvalue weighted by atomic mass is 15.3. The van der Waals surface area contributed by atoms with Crippen LogP contribution in [0.25, 0.3) is 32.9 Å². The average Bonchev–Trinajstić information content (AvgIpc) is 3.56. The van der Waals surface area contributed by atoms with Crippen LogP contribution in [-0.2, 0) is 5.41 Å². The molecule has 3 unspecified atom stereocenters. The van der Waals surface area contributed by atoms with E-state index in [1.165, 1.54) is 49.6 Å². The predicted octanol–water partition coefficient (Wildman–Crippen LogP) is 8.31. The number of benzene rings is 5. The highest BCUT2D eigenvalue weighted by Gasteiger charge is 2.36. The summed E-state index contributed by atoms with van der Waals surface area (Å²) in [5.41, 5.74) is 11.2. The van der Waals surface area contributed by atoms with E-state index in [4.69, 9.17) is 4.99 Å². The van der Waals surface area contributed by atoms with Crippen molar-refractivity contribution < 1.29 is 0 Å². The van der Waals surface area contributed by atoms with Gasteiger partial charge in [-0.25, -0.2) is 4.99 Å². The number of para-hydroxylation sites is 1. The Morgan fingerprint density at radius 2 is 1.43 bits per heavy atom. The third-order valence-corrected chi connectivity index (χ3v) is 9.94. The minimum Gasteiger partial charge on any atom is -0.367 e. The van der Waals surface area contributed by atoms with Crippen molar-refractivity contribution in [3.8, 4) is 11.1 Å². The Balaban J connectivity index is 1.10. The van der Waals surface area contributed by atoms with Gasteiger partial charge in [-0.1, -0.05) is 123 Å². The maximum Gasteiger partial charge on any atom is 0.131 e. The molecule has 1 aliphatic carbocycles. The van der Waals surface area contributed by atoms with Gasteiger partial charge < -0.3 is 15.2 Å². The van der Waals surface area contributed by atoms with Gasteiger partial charge in [0, 0.05) is 33.5 Å². The molecule has 9 rings (SSSR count). The summed E-state index contributed by atoms with van der Waals surface area (Å²) < 4.78 is 2.45. The van der Waals surface area contributed by atoms with E-state index in [1.54, 1.807) is 0 Å². The topological polar surface area (TPSA) is 53.4 Å². The summed E-state index contributed by atoms with van der Waals surface area (Å²) in [6.07, 6.45) is 6.31. The Morgan fingerprint density at radius 1 is 0.696 bits per heavy atom. The molecular formula is C41H35N5. The third-order valence-electron chi connectivity index (χ3n) is 9.94. The number of nitrogens with one attached hydrogen (secondary N) is 3. The van der Waals surface area contributed by atoms with E-state index in [1.807, 2.05) is 6.07 Å². The molecule has 0 spiro atoms. The lowest BCUT2D eigenvalue weighted by Gasteiger charge is -2.33. The molecule has 0 bridgehead atoms. The van der Waals surface area contributed by atoms with Gasteiger partial charge in [-0.2, -0.15) is 0 Å². The fourth-order valence-corrected chi connectivity index (χ4v) is 7.60. The maximum atomic E-state index is 5.14. The Morgan fingerprint density at radius 3 is 2.24 bits per heavy atom. The predicted molar refractivity (Wildman–Crippen MR) is 189 cm³/mol.